The van der Waals surface area contributed by atoms with E-state index in [4.69, 9.17) is 0 Å². The van der Waals surface area contributed by atoms with Gasteiger partial charge in [-0.2, -0.15) is 0 Å². The Bertz CT molecular complexity index is 612. The van der Waals surface area contributed by atoms with Gasteiger partial charge in [0.25, 0.3) is 0 Å². The number of H-pyrrole nitrogens is 1. The summed E-state index contributed by atoms with van der Waals surface area (Å²) in [6.45, 7) is 5.80. The average molecular weight is 242 g/mol. The number of hydrogen-bond donors (Lipinski definition) is 2. The molecule has 0 saturated carbocycles. The summed E-state index contributed by atoms with van der Waals surface area (Å²) in [5.41, 5.74) is 4.78. The minimum absolute atomic E-state index is 0.0257. The molecule has 1 atom stereocenters. The molecule has 2 N–H and O–H groups in total. The highest BCUT2D eigenvalue weighted by atomic mass is 16.1. The van der Waals surface area contributed by atoms with Gasteiger partial charge >= 0.3 is 0 Å². The Morgan fingerprint density at radius 2 is 2.11 bits per heavy atom. The van der Waals surface area contributed by atoms with E-state index in [0.717, 1.165) is 24.2 Å². The molecule has 0 bridgehead atoms. The van der Waals surface area contributed by atoms with Crippen LogP contribution in [0.15, 0.2) is 18.2 Å². The van der Waals surface area contributed by atoms with Crippen molar-refractivity contribution < 1.29 is 4.79 Å². The van der Waals surface area contributed by atoms with Gasteiger partial charge in [0.05, 0.1) is 5.92 Å². The SMILES string of the molecule is Cc1[nH]c2ccc(C3CNCCC3=O)cc2c1C. The normalized spacial score (nSPS) is 20.6. The summed E-state index contributed by atoms with van der Waals surface area (Å²) in [5, 5.41) is 4.54. The molecule has 1 unspecified atom stereocenters. The predicted octanol–water partition coefficient (Wildman–Crippen LogP) is 2.43. The summed E-state index contributed by atoms with van der Waals surface area (Å²) in [5.74, 6) is 0.385. The molecule has 1 aromatic carbocycles. The summed E-state index contributed by atoms with van der Waals surface area (Å²) < 4.78 is 0. The fourth-order valence-corrected chi connectivity index (χ4v) is 2.75. The maximum atomic E-state index is 12.0. The number of hydrogen-bond acceptors (Lipinski definition) is 2. The van der Waals surface area contributed by atoms with Crippen molar-refractivity contribution in [1.82, 2.24) is 10.3 Å². The van der Waals surface area contributed by atoms with Gasteiger partial charge in [-0.25, -0.2) is 0 Å². The molecule has 3 rings (SSSR count). The molecule has 3 heteroatoms. The van der Waals surface area contributed by atoms with Crippen LogP contribution in [0.3, 0.4) is 0 Å². The minimum atomic E-state index is 0.0257. The molecule has 2 heterocycles. The van der Waals surface area contributed by atoms with E-state index in [1.807, 2.05) is 0 Å². The summed E-state index contributed by atoms with van der Waals surface area (Å²) in [6, 6.07) is 6.34. The molecule has 1 aliphatic rings. The van der Waals surface area contributed by atoms with Crippen molar-refractivity contribution in [3.63, 3.8) is 0 Å². The molecule has 1 fully saturated rings. The molecule has 1 aliphatic heterocycles. The lowest BCUT2D eigenvalue weighted by Gasteiger charge is -2.22. The van der Waals surface area contributed by atoms with Crippen LogP contribution < -0.4 is 5.32 Å². The Hall–Kier alpha value is -1.61. The molecule has 1 saturated heterocycles. The van der Waals surface area contributed by atoms with Crippen LogP contribution >= 0.6 is 0 Å². The smallest absolute Gasteiger partial charge is 0.142 e. The van der Waals surface area contributed by atoms with E-state index < -0.39 is 0 Å². The fourth-order valence-electron chi connectivity index (χ4n) is 2.75. The second-order valence-electron chi connectivity index (χ2n) is 5.15. The number of nitrogens with one attached hydrogen (secondary N) is 2. The standard InChI is InChI=1S/C15H18N2O/c1-9-10(2)17-14-4-3-11(7-12(9)14)13-8-16-6-5-15(13)18/h3-4,7,13,16-17H,5-6,8H2,1-2H3. The first-order chi connectivity index (χ1) is 8.66. The average Bonchev–Trinajstić information content (AvgIpc) is 2.66. The Balaban J connectivity index is 2.07. The zero-order valence-corrected chi connectivity index (χ0v) is 10.8. The molecule has 1 aromatic heterocycles. The number of Topliss-reactive ketones (excluding diaryl/α,β-unsaturated/α-hetero) is 1. The zero-order chi connectivity index (χ0) is 12.7. The van der Waals surface area contributed by atoms with Crippen molar-refractivity contribution in [3.8, 4) is 0 Å². The van der Waals surface area contributed by atoms with Crippen LogP contribution in [0.1, 0.15) is 29.2 Å². The number of ketones is 1. The number of aryl methyl sites for hydroxylation is 2. The predicted molar refractivity (Wildman–Crippen MR) is 73.0 cm³/mol. The van der Waals surface area contributed by atoms with E-state index in [-0.39, 0.29) is 5.92 Å². The zero-order valence-electron chi connectivity index (χ0n) is 10.8. The number of carbonyl (C=O) groups is 1. The van der Waals surface area contributed by atoms with Gasteiger partial charge in [-0.05, 0) is 37.1 Å². The van der Waals surface area contributed by atoms with Gasteiger partial charge in [0.15, 0.2) is 0 Å². The fraction of sp³-hybridized carbons (Fsp3) is 0.400. The molecule has 94 valence electrons. The third-order valence-corrected chi connectivity index (χ3v) is 4.02. The minimum Gasteiger partial charge on any atom is -0.358 e. The van der Waals surface area contributed by atoms with Crippen LogP contribution in [0, 0.1) is 13.8 Å². The third kappa shape index (κ3) is 1.75. The van der Waals surface area contributed by atoms with Gasteiger partial charge in [-0.3, -0.25) is 4.79 Å². The van der Waals surface area contributed by atoms with E-state index >= 15 is 0 Å². The van der Waals surface area contributed by atoms with Gasteiger partial charge in [0, 0.05) is 36.1 Å². The number of fused-ring (bicyclic) bond motifs is 1. The number of carbonyl (C=O) groups excluding carboxylic acids is 1. The summed E-state index contributed by atoms with van der Waals surface area (Å²) >= 11 is 0. The van der Waals surface area contributed by atoms with Crippen molar-refractivity contribution in [1.29, 1.82) is 0 Å². The first kappa shape index (κ1) is 11.5. The summed E-state index contributed by atoms with van der Waals surface area (Å²) in [4.78, 5) is 15.3. The highest BCUT2D eigenvalue weighted by molar-refractivity contribution is 5.90. The molecule has 0 aliphatic carbocycles. The molecule has 18 heavy (non-hydrogen) atoms. The second-order valence-corrected chi connectivity index (χ2v) is 5.15. The van der Waals surface area contributed by atoms with Crippen molar-refractivity contribution in [2.45, 2.75) is 26.2 Å². The van der Waals surface area contributed by atoms with Gasteiger partial charge in [0.1, 0.15) is 5.78 Å². The van der Waals surface area contributed by atoms with Crippen LogP contribution in [0.5, 0.6) is 0 Å². The number of aromatic amines is 1. The molecular formula is C15H18N2O. The molecule has 0 radical (unpaired) electrons. The molecule has 0 spiro atoms. The lowest BCUT2D eigenvalue weighted by molar-refractivity contribution is -0.121. The maximum absolute atomic E-state index is 12.0. The van der Waals surface area contributed by atoms with E-state index in [1.165, 1.54) is 16.6 Å². The number of benzene rings is 1. The largest absolute Gasteiger partial charge is 0.358 e. The summed E-state index contributed by atoms with van der Waals surface area (Å²) in [7, 11) is 0. The monoisotopic (exact) mass is 242 g/mol. The van der Waals surface area contributed by atoms with Crippen molar-refractivity contribution in [2.24, 2.45) is 0 Å². The van der Waals surface area contributed by atoms with Gasteiger partial charge in [0.2, 0.25) is 0 Å². The number of aromatic nitrogens is 1. The van der Waals surface area contributed by atoms with Crippen LogP contribution in [0.25, 0.3) is 10.9 Å². The summed E-state index contributed by atoms with van der Waals surface area (Å²) in [6.07, 6.45) is 0.647. The quantitative estimate of drug-likeness (QED) is 0.806. The van der Waals surface area contributed by atoms with Crippen LogP contribution in [0.4, 0.5) is 0 Å². The Kier molecular flexibility index (Phi) is 2.71. The van der Waals surface area contributed by atoms with Crippen LogP contribution in [-0.4, -0.2) is 23.9 Å². The molecule has 0 amide bonds. The molecule has 3 nitrogen and oxygen atoms in total. The number of rotatable bonds is 1. The number of piperidine rings is 1. The molecular weight excluding hydrogens is 224 g/mol. The van der Waals surface area contributed by atoms with Crippen LogP contribution in [0.2, 0.25) is 0 Å². The highest BCUT2D eigenvalue weighted by Crippen LogP contribution is 2.27. The van der Waals surface area contributed by atoms with Gasteiger partial charge in [-0.15, -0.1) is 0 Å². The van der Waals surface area contributed by atoms with Gasteiger partial charge < -0.3 is 10.3 Å². The van der Waals surface area contributed by atoms with E-state index in [9.17, 15) is 4.79 Å². The van der Waals surface area contributed by atoms with Crippen molar-refractivity contribution in [3.05, 3.63) is 35.0 Å². The van der Waals surface area contributed by atoms with Crippen molar-refractivity contribution >= 4 is 16.7 Å². The van der Waals surface area contributed by atoms with E-state index in [2.05, 4.69) is 42.3 Å². The van der Waals surface area contributed by atoms with E-state index in [1.54, 1.807) is 0 Å². The Labute approximate surface area is 107 Å². The lowest BCUT2D eigenvalue weighted by atomic mass is 9.89. The van der Waals surface area contributed by atoms with Gasteiger partial charge in [-0.1, -0.05) is 6.07 Å². The topological polar surface area (TPSA) is 44.9 Å². The third-order valence-electron chi connectivity index (χ3n) is 4.02. The van der Waals surface area contributed by atoms with Crippen molar-refractivity contribution in [2.75, 3.05) is 13.1 Å². The highest BCUT2D eigenvalue weighted by Gasteiger charge is 2.23. The van der Waals surface area contributed by atoms with E-state index in [0.29, 0.717) is 12.2 Å². The Morgan fingerprint density at radius 1 is 1.28 bits per heavy atom. The molecule has 2 aromatic rings. The first-order valence-corrected chi connectivity index (χ1v) is 6.49. The first-order valence-electron chi connectivity index (χ1n) is 6.49. The lowest BCUT2D eigenvalue weighted by Crippen LogP contribution is -2.35. The second kappa shape index (κ2) is 4.25. The van der Waals surface area contributed by atoms with Crippen LogP contribution in [-0.2, 0) is 4.79 Å². The maximum Gasteiger partial charge on any atom is 0.142 e. The Morgan fingerprint density at radius 3 is 2.89 bits per heavy atom.